The predicted molar refractivity (Wildman–Crippen MR) is 75.0 cm³/mol. The number of likely N-dealkylation sites (N-methyl/N-ethyl adjacent to an activating group) is 1. The summed E-state index contributed by atoms with van der Waals surface area (Å²) in [7, 11) is -1.63. The van der Waals surface area contributed by atoms with Crippen molar-refractivity contribution in [1.82, 2.24) is 4.90 Å². The first-order valence-corrected chi connectivity index (χ1v) is 8.53. The summed E-state index contributed by atoms with van der Waals surface area (Å²) in [6.45, 7) is 0. The number of carbonyl (C=O) groups is 1. The minimum Gasteiger partial charge on any atom is -0.341 e. The van der Waals surface area contributed by atoms with Crippen molar-refractivity contribution < 1.29 is 26.4 Å². The lowest BCUT2D eigenvalue weighted by Crippen LogP contribution is -2.38. The van der Waals surface area contributed by atoms with Gasteiger partial charge in [0, 0.05) is 13.1 Å². The van der Waals surface area contributed by atoms with Gasteiger partial charge in [-0.2, -0.15) is 13.2 Å². The topological polar surface area (TPSA) is 54.5 Å². The van der Waals surface area contributed by atoms with E-state index in [0.29, 0.717) is 6.42 Å². The van der Waals surface area contributed by atoms with Crippen LogP contribution in [-0.4, -0.2) is 43.8 Å². The molecule has 2 rings (SSSR count). The van der Waals surface area contributed by atoms with Gasteiger partial charge in [0.2, 0.25) is 5.91 Å². The van der Waals surface area contributed by atoms with Gasteiger partial charge in [0.1, 0.15) is 0 Å². The second-order valence-corrected chi connectivity index (χ2v) is 7.67. The van der Waals surface area contributed by atoms with Gasteiger partial charge in [0.15, 0.2) is 9.84 Å². The third-order valence-corrected chi connectivity index (χ3v) is 5.51. The zero-order valence-corrected chi connectivity index (χ0v) is 12.7. The van der Waals surface area contributed by atoms with E-state index >= 15 is 0 Å². The number of alkyl halides is 3. The van der Waals surface area contributed by atoms with E-state index in [1.807, 2.05) is 0 Å². The van der Waals surface area contributed by atoms with Crippen LogP contribution in [0.25, 0.3) is 0 Å². The van der Waals surface area contributed by atoms with Crippen LogP contribution in [0.1, 0.15) is 17.5 Å². The third kappa shape index (κ3) is 4.00. The summed E-state index contributed by atoms with van der Waals surface area (Å²) in [6, 6.07) is 4.19. The van der Waals surface area contributed by atoms with Crippen LogP contribution in [0, 0.1) is 0 Å². The molecule has 1 aromatic carbocycles. The van der Waals surface area contributed by atoms with Crippen LogP contribution in [0.5, 0.6) is 0 Å². The zero-order valence-electron chi connectivity index (χ0n) is 11.9. The molecule has 0 radical (unpaired) electrons. The molecule has 1 atom stereocenters. The number of nitrogens with zero attached hydrogens (tertiary/aromatic N) is 1. The van der Waals surface area contributed by atoms with Crippen molar-refractivity contribution in [2.45, 2.75) is 25.1 Å². The first-order chi connectivity index (χ1) is 10.1. The average molecular weight is 335 g/mol. The second kappa shape index (κ2) is 5.91. The summed E-state index contributed by atoms with van der Waals surface area (Å²) >= 11 is 0. The predicted octanol–water partition coefficient (Wildman–Crippen LogP) is 1.89. The Kier molecular flexibility index (Phi) is 4.51. The highest BCUT2D eigenvalue weighted by atomic mass is 32.2. The Morgan fingerprint density at radius 2 is 2.05 bits per heavy atom. The normalized spacial score (nSPS) is 20.8. The first kappa shape index (κ1) is 16.8. The maximum atomic E-state index is 12.6. The van der Waals surface area contributed by atoms with Gasteiger partial charge >= 0.3 is 6.18 Å². The Hall–Kier alpha value is -1.57. The number of hydrogen-bond donors (Lipinski definition) is 0. The molecule has 1 fully saturated rings. The van der Waals surface area contributed by atoms with Gasteiger partial charge in [0.25, 0.3) is 0 Å². The molecular formula is C14H16F3NO3S. The van der Waals surface area contributed by atoms with Crippen molar-refractivity contribution in [3.8, 4) is 0 Å². The van der Waals surface area contributed by atoms with Gasteiger partial charge in [-0.1, -0.05) is 18.2 Å². The van der Waals surface area contributed by atoms with E-state index in [2.05, 4.69) is 0 Å². The number of amides is 1. The molecule has 122 valence electrons. The number of carbonyl (C=O) groups excluding carboxylic acids is 1. The maximum Gasteiger partial charge on any atom is 0.416 e. The molecule has 1 unspecified atom stereocenters. The van der Waals surface area contributed by atoms with Gasteiger partial charge in [-0.15, -0.1) is 0 Å². The monoisotopic (exact) mass is 335 g/mol. The van der Waals surface area contributed by atoms with E-state index in [9.17, 15) is 26.4 Å². The number of benzene rings is 1. The molecule has 0 saturated carbocycles. The van der Waals surface area contributed by atoms with E-state index in [-0.39, 0.29) is 29.4 Å². The van der Waals surface area contributed by atoms with Crippen LogP contribution < -0.4 is 0 Å². The fourth-order valence-electron chi connectivity index (χ4n) is 2.44. The van der Waals surface area contributed by atoms with E-state index in [0.717, 1.165) is 12.1 Å². The second-order valence-electron chi connectivity index (χ2n) is 5.44. The van der Waals surface area contributed by atoms with E-state index in [4.69, 9.17) is 0 Å². The average Bonchev–Trinajstić information content (AvgIpc) is 2.77. The van der Waals surface area contributed by atoms with Gasteiger partial charge < -0.3 is 4.90 Å². The lowest BCUT2D eigenvalue weighted by Gasteiger charge is -2.23. The summed E-state index contributed by atoms with van der Waals surface area (Å²) < 4.78 is 60.7. The highest BCUT2D eigenvalue weighted by Crippen LogP contribution is 2.29. The van der Waals surface area contributed by atoms with Crippen molar-refractivity contribution in [3.05, 3.63) is 35.4 Å². The first-order valence-electron chi connectivity index (χ1n) is 6.71. The summed E-state index contributed by atoms with van der Waals surface area (Å²) in [5.74, 6) is -0.433. The lowest BCUT2D eigenvalue weighted by molar-refractivity contribution is -0.138. The molecule has 0 aromatic heterocycles. The van der Waals surface area contributed by atoms with Crippen LogP contribution in [0.2, 0.25) is 0 Å². The van der Waals surface area contributed by atoms with Crippen molar-refractivity contribution >= 4 is 15.7 Å². The highest BCUT2D eigenvalue weighted by molar-refractivity contribution is 7.91. The van der Waals surface area contributed by atoms with Crippen molar-refractivity contribution in [3.63, 3.8) is 0 Å². The van der Waals surface area contributed by atoms with Crippen molar-refractivity contribution in [1.29, 1.82) is 0 Å². The molecule has 0 bridgehead atoms. The van der Waals surface area contributed by atoms with Crippen molar-refractivity contribution in [2.75, 3.05) is 18.6 Å². The Bertz CT molecular complexity index is 670. The molecule has 1 heterocycles. The van der Waals surface area contributed by atoms with Crippen LogP contribution >= 0.6 is 0 Å². The molecule has 1 aromatic rings. The summed E-state index contributed by atoms with van der Waals surface area (Å²) in [4.78, 5) is 13.4. The molecule has 4 nitrogen and oxygen atoms in total. The minimum absolute atomic E-state index is 0.0405. The van der Waals surface area contributed by atoms with Gasteiger partial charge in [-0.05, 0) is 18.1 Å². The molecule has 1 saturated heterocycles. The number of halogens is 3. The molecule has 22 heavy (non-hydrogen) atoms. The fraction of sp³-hybridized carbons (Fsp3) is 0.500. The lowest BCUT2D eigenvalue weighted by atomic mass is 10.1. The summed E-state index contributed by atoms with van der Waals surface area (Å²) in [6.07, 6.45) is -4.27. The third-order valence-electron chi connectivity index (χ3n) is 3.76. The van der Waals surface area contributed by atoms with Crippen LogP contribution in [-0.2, 0) is 27.2 Å². The zero-order chi connectivity index (χ0) is 16.5. The van der Waals surface area contributed by atoms with E-state index in [1.54, 1.807) is 0 Å². The van der Waals surface area contributed by atoms with Crippen molar-refractivity contribution in [2.24, 2.45) is 0 Å². The number of rotatable bonds is 3. The minimum atomic E-state index is -4.45. The van der Waals surface area contributed by atoms with Gasteiger partial charge in [0.05, 0.1) is 23.5 Å². The summed E-state index contributed by atoms with van der Waals surface area (Å²) in [5, 5.41) is 0. The smallest absolute Gasteiger partial charge is 0.341 e. The van der Waals surface area contributed by atoms with E-state index in [1.165, 1.54) is 24.1 Å². The number of sulfone groups is 1. The van der Waals surface area contributed by atoms with E-state index < -0.39 is 27.6 Å². The maximum absolute atomic E-state index is 12.6. The van der Waals surface area contributed by atoms with Gasteiger partial charge in [-0.25, -0.2) is 8.42 Å². The molecule has 0 N–H and O–H groups in total. The molecule has 8 heteroatoms. The molecule has 1 aliphatic rings. The quantitative estimate of drug-likeness (QED) is 0.848. The Labute approximate surface area is 126 Å². The number of hydrogen-bond acceptors (Lipinski definition) is 3. The standard InChI is InChI=1S/C14H16F3NO3S/c1-18(12-5-6-22(20,21)9-12)13(19)8-10-3-2-4-11(7-10)14(15,16)17/h2-4,7,12H,5-6,8-9H2,1H3. The van der Waals surface area contributed by atoms with Crippen LogP contribution in [0.4, 0.5) is 13.2 Å². The molecule has 0 aliphatic carbocycles. The highest BCUT2D eigenvalue weighted by Gasteiger charge is 2.33. The Morgan fingerprint density at radius 1 is 1.36 bits per heavy atom. The van der Waals surface area contributed by atoms with Gasteiger partial charge in [-0.3, -0.25) is 4.79 Å². The molecular weight excluding hydrogens is 319 g/mol. The largest absolute Gasteiger partial charge is 0.416 e. The molecule has 1 amide bonds. The fourth-order valence-corrected chi connectivity index (χ4v) is 4.22. The Morgan fingerprint density at radius 3 is 2.59 bits per heavy atom. The molecule has 0 spiro atoms. The summed E-state index contributed by atoms with van der Waals surface area (Å²) in [5.41, 5.74) is -0.545. The van der Waals surface area contributed by atoms with Crippen LogP contribution in [0.3, 0.4) is 0 Å². The molecule has 1 aliphatic heterocycles. The SMILES string of the molecule is CN(C(=O)Cc1cccc(C(F)(F)F)c1)C1CCS(=O)(=O)C1. The van der Waals surface area contributed by atoms with Crippen LogP contribution in [0.15, 0.2) is 24.3 Å². The Balaban J connectivity index is 2.06.